The van der Waals surface area contributed by atoms with Crippen molar-refractivity contribution in [1.82, 2.24) is 19.9 Å². The number of rotatable bonds is 12. The zero-order chi connectivity index (χ0) is 36.7. The first-order valence-electron chi connectivity index (χ1n) is 15.7. The number of nitrogens with zero attached hydrogens (tertiary/aromatic N) is 3. The van der Waals surface area contributed by atoms with Gasteiger partial charge in [0.05, 0.1) is 12.7 Å². The lowest BCUT2D eigenvalue weighted by Crippen LogP contribution is -2.49. The molecule has 0 spiro atoms. The summed E-state index contributed by atoms with van der Waals surface area (Å²) in [6.07, 6.45) is -4.40. The first-order valence-corrected chi connectivity index (χ1v) is 17.5. The quantitative estimate of drug-likeness (QED) is 0.162. The first-order chi connectivity index (χ1) is 23.5. The summed E-state index contributed by atoms with van der Waals surface area (Å²) >= 11 is 5.83. The summed E-state index contributed by atoms with van der Waals surface area (Å²) in [6.45, 7) is 7.07. The van der Waals surface area contributed by atoms with Crippen LogP contribution in [0.25, 0.3) is 0 Å². The normalized spacial score (nSPS) is 14.3. The predicted octanol–water partition coefficient (Wildman–Crippen LogP) is 5.53. The molecule has 3 N–H and O–H groups in total. The Morgan fingerprint density at radius 1 is 0.980 bits per heavy atom. The molecule has 50 heavy (non-hydrogen) atoms. The standard InChI is InChI=1S/C33H40ClF3N6O6S/c1-32(2,3)49-31(45)39-12-6-11-38-21-22-7-5-8-23(17-22)30(44)40-25-9-10-27(26(20-25)48-4)50(46,47)43-15-13-42(14-16-43)29-19-24(33(35,36)37)18-28(34)41-29/h5,7-10,17-20,38H,6,11-16,21H2,1-4H3,(H,39,45)(H,40,44). The van der Waals surface area contributed by atoms with Crippen molar-refractivity contribution >= 4 is 45.1 Å². The van der Waals surface area contributed by atoms with Gasteiger partial charge in [-0.1, -0.05) is 23.7 Å². The third-order valence-electron chi connectivity index (χ3n) is 7.43. The van der Waals surface area contributed by atoms with Crippen molar-refractivity contribution in [3.63, 3.8) is 0 Å². The summed E-state index contributed by atoms with van der Waals surface area (Å²) in [5.41, 5.74) is 0.0587. The zero-order valence-electron chi connectivity index (χ0n) is 28.1. The molecule has 2 heterocycles. The zero-order valence-corrected chi connectivity index (χ0v) is 29.6. The molecule has 3 aromatic rings. The van der Waals surface area contributed by atoms with Gasteiger partial charge in [-0.2, -0.15) is 17.5 Å². The average Bonchev–Trinajstić information content (AvgIpc) is 3.05. The second kappa shape index (κ2) is 16.3. The van der Waals surface area contributed by atoms with E-state index in [9.17, 15) is 31.2 Å². The second-order valence-electron chi connectivity index (χ2n) is 12.4. The van der Waals surface area contributed by atoms with Gasteiger partial charge in [-0.25, -0.2) is 18.2 Å². The molecule has 0 atom stereocenters. The highest BCUT2D eigenvalue weighted by atomic mass is 35.5. The van der Waals surface area contributed by atoms with E-state index in [1.165, 1.54) is 29.6 Å². The number of piperazine rings is 1. The molecule has 1 aromatic heterocycles. The number of pyridine rings is 1. The summed E-state index contributed by atoms with van der Waals surface area (Å²) in [5.74, 6) is -0.396. The molecule has 1 saturated heterocycles. The number of ether oxygens (including phenoxy) is 2. The van der Waals surface area contributed by atoms with E-state index in [4.69, 9.17) is 21.1 Å². The Kier molecular flexibility index (Phi) is 12.6. The highest BCUT2D eigenvalue weighted by Crippen LogP contribution is 2.34. The number of nitrogens with one attached hydrogen (secondary N) is 3. The van der Waals surface area contributed by atoms with Gasteiger partial charge in [0.25, 0.3) is 5.91 Å². The van der Waals surface area contributed by atoms with Crippen LogP contribution in [0.4, 0.5) is 29.5 Å². The number of anilines is 2. The van der Waals surface area contributed by atoms with Crippen LogP contribution in [0.1, 0.15) is 48.7 Å². The van der Waals surface area contributed by atoms with Gasteiger partial charge in [0.1, 0.15) is 27.2 Å². The molecular weight excluding hydrogens is 701 g/mol. The molecule has 0 radical (unpaired) electrons. The number of halogens is 4. The van der Waals surface area contributed by atoms with Gasteiger partial charge in [0, 0.05) is 56.6 Å². The summed E-state index contributed by atoms with van der Waals surface area (Å²) in [5, 5.41) is 8.42. The number of alkyl halides is 3. The van der Waals surface area contributed by atoms with Gasteiger partial charge >= 0.3 is 12.3 Å². The van der Waals surface area contributed by atoms with E-state index >= 15 is 0 Å². The maximum Gasteiger partial charge on any atom is 0.416 e. The largest absolute Gasteiger partial charge is 0.495 e. The van der Waals surface area contributed by atoms with Crippen molar-refractivity contribution in [1.29, 1.82) is 0 Å². The third kappa shape index (κ3) is 10.7. The van der Waals surface area contributed by atoms with Gasteiger partial charge in [-0.05, 0) is 75.7 Å². The van der Waals surface area contributed by atoms with Crippen LogP contribution in [0.5, 0.6) is 5.75 Å². The molecule has 1 fully saturated rings. The summed E-state index contributed by atoms with van der Waals surface area (Å²) in [4.78, 5) is 30.2. The third-order valence-corrected chi connectivity index (χ3v) is 9.56. The molecule has 272 valence electrons. The van der Waals surface area contributed by atoms with Crippen molar-refractivity contribution in [2.24, 2.45) is 0 Å². The molecule has 17 heteroatoms. The summed E-state index contributed by atoms with van der Waals surface area (Å²) < 4.78 is 78.8. The Labute approximate surface area is 294 Å². The molecule has 0 aliphatic carbocycles. The van der Waals surface area contributed by atoms with E-state index in [2.05, 4.69) is 20.9 Å². The number of benzene rings is 2. The number of methoxy groups -OCH3 is 1. The van der Waals surface area contributed by atoms with Gasteiger partial charge in [-0.15, -0.1) is 0 Å². The Balaban J connectivity index is 1.32. The Morgan fingerprint density at radius 2 is 1.70 bits per heavy atom. The molecule has 12 nitrogen and oxygen atoms in total. The number of aromatic nitrogens is 1. The van der Waals surface area contributed by atoms with Crippen molar-refractivity contribution in [3.05, 3.63) is 76.4 Å². The minimum absolute atomic E-state index is 0.00559. The molecule has 0 saturated carbocycles. The summed E-state index contributed by atoms with van der Waals surface area (Å²) in [7, 11) is -2.76. The van der Waals surface area contributed by atoms with E-state index in [-0.39, 0.29) is 47.8 Å². The van der Waals surface area contributed by atoms with Crippen molar-refractivity contribution in [2.45, 2.75) is 50.4 Å². The van der Waals surface area contributed by atoms with Crippen LogP contribution in [-0.4, -0.2) is 81.7 Å². The fourth-order valence-corrected chi connectivity index (χ4v) is 6.80. The van der Waals surface area contributed by atoms with E-state index in [0.29, 0.717) is 37.3 Å². The minimum Gasteiger partial charge on any atom is -0.495 e. The summed E-state index contributed by atoms with van der Waals surface area (Å²) in [6, 6.07) is 12.8. The average molecular weight is 741 g/mol. The number of hydrogen-bond acceptors (Lipinski definition) is 9. The van der Waals surface area contributed by atoms with Crippen LogP contribution in [0.3, 0.4) is 0 Å². The molecule has 4 rings (SSSR count). The highest BCUT2D eigenvalue weighted by molar-refractivity contribution is 7.89. The number of sulfonamides is 1. The van der Waals surface area contributed by atoms with Gasteiger partial charge in [0.15, 0.2) is 0 Å². The van der Waals surface area contributed by atoms with Crippen molar-refractivity contribution < 1.29 is 40.7 Å². The van der Waals surface area contributed by atoms with E-state index < -0.39 is 39.4 Å². The molecule has 1 aliphatic heterocycles. The van der Waals surface area contributed by atoms with Crippen LogP contribution in [0, 0.1) is 0 Å². The molecule has 0 bridgehead atoms. The predicted molar refractivity (Wildman–Crippen MR) is 183 cm³/mol. The maximum absolute atomic E-state index is 13.6. The highest BCUT2D eigenvalue weighted by Gasteiger charge is 2.34. The topological polar surface area (TPSA) is 142 Å². The molecular formula is C33H40ClF3N6O6S. The molecule has 0 unspecified atom stereocenters. The van der Waals surface area contributed by atoms with Crippen LogP contribution in [0.2, 0.25) is 5.15 Å². The van der Waals surface area contributed by atoms with E-state index in [0.717, 1.165) is 17.7 Å². The first kappa shape index (κ1) is 38.7. The number of carbonyl (C=O) groups excluding carboxylic acids is 2. The van der Waals surface area contributed by atoms with Crippen LogP contribution in [-0.2, 0) is 27.5 Å². The maximum atomic E-state index is 13.6. The lowest BCUT2D eigenvalue weighted by atomic mass is 10.1. The molecule has 2 amide bonds. The number of amides is 2. The van der Waals surface area contributed by atoms with Crippen molar-refractivity contribution in [2.75, 3.05) is 56.6 Å². The Hall–Kier alpha value is -4.12. The lowest BCUT2D eigenvalue weighted by Gasteiger charge is -2.35. The second-order valence-corrected chi connectivity index (χ2v) is 14.7. The fourth-order valence-electron chi connectivity index (χ4n) is 5.04. The van der Waals surface area contributed by atoms with Gasteiger partial charge in [0.2, 0.25) is 10.0 Å². The van der Waals surface area contributed by atoms with Crippen LogP contribution in [0.15, 0.2) is 59.5 Å². The number of alkyl carbamates (subject to hydrolysis) is 1. The van der Waals surface area contributed by atoms with Crippen molar-refractivity contribution in [3.8, 4) is 5.75 Å². The van der Waals surface area contributed by atoms with Gasteiger partial charge < -0.3 is 30.3 Å². The Morgan fingerprint density at radius 3 is 2.36 bits per heavy atom. The van der Waals surface area contributed by atoms with E-state index in [1.807, 2.05) is 6.07 Å². The SMILES string of the molecule is COc1cc(NC(=O)c2cccc(CNCCCNC(=O)OC(C)(C)C)c2)ccc1S(=O)(=O)N1CCN(c2cc(C(F)(F)F)cc(Cl)n2)CC1. The van der Waals surface area contributed by atoms with Gasteiger partial charge in [-0.3, -0.25) is 4.79 Å². The number of hydrogen-bond donors (Lipinski definition) is 3. The Bertz CT molecular complexity index is 1780. The molecule has 2 aromatic carbocycles. The monoisotopic (exact) mass is 740 g/mol. The lowest BCUT2D eigenvalue weighted by molar-refractivity contribution is -0.137. The minimum atomic E-state index is -4.61. The molecule has 1 aliphatic rings. The fraction of sp³-hybridized carbons (Fsp3) is 0.424. The van der Waals surface area contributed by atoms with E-state index in [1.54, 1.807) is 43.9 Å². The van der Waals surface area contributed by atoms with Crippen LogP contribution >= 0.6 is 11.6 Å². The number of carbonyl (C=O) groups is 2. The smallest absolute Gasteiger partial charge is 0.416 e. The van der Waals surface area contributed by atoms with Crippen LogP contribution < -0.4 is 25.6 Å².